The van der Waals surface area contributed by atoms with Gasteiger partial charge in [-0.1, -0.05) is 56.3 Å². The summed E-state index contributed by atoms with van der Waals surface area (Å²) in [6.45, 7) is 3.55. The number of carbonyl (C=O) groups is 1. The van der Waals surface area contributed by atoms with Crippen molar-refractivity contribution in [1.29, 1.82) is 0 Å². The third-order valence-electron chi connectivity index (χ3n) is 7.45. The molecular formula is C31H37N3O9S. The van der Waals surface area contributed by atoms with Crippen molar-refractivity contribution < 1.29 is 42.7 Å². The molecule has 1 amide bonds. The number of amides is 1. The van der Waals surface area contributed by atoms with Crippen LogP contribution < -0.4 is 19.7 Å². The number of phenolic OH excluding ortho intramolecular Hbond substituents is 1. The molecule has 0 radical (unpaired) electrons. The van der Waals surface area contributed by atoms with Gasteiger partial charge in [0.2, 0.25) is 16.8 Å². The molecule has 0 aromatic heterocycles. The van der Waals surface area contributed by atoms with Gasteiger partial charge in [0.25, 0.3) is 0 Å². The van der Waals surface area contributed by atoms with Gasteiger partial charge in [0.15, 0.2) is 17.6 Å². The molecule has 5 rings (SSSR count). The molecule has 2 heterocycles. The van der Waals surface area contributed by atoms with Crippen LogP contribution in [0.1, 0.15) is 19.4 Å². The van der Waals surface area contributed by atoms with E-state index in [0.29, 0.717) is 11.5 Å². The molecule has 4 N–H and O–H groups in total. The molecule has 3 aromatic carbocycles. The second-order valence-electron chi connectivity index (χ2n) is 11.2. The Hall–Kier alpha value is -3.88. The quantitative estimate of drug-likeness (QED) is 0.208. The predicted octanol–water partition coefficient (Wildman–Crippen LogP) is 2.67. The maximum absolute atomic E-state index is 13.8. The van der Waals surface area contributed by atoms with Gasteiger partial charge < -0.3 is 29.5 Å². The molecule has 44 heavy (non-hydrogen) atoms. The number of rotatable bonds is 13. The highest BCUT2D eigenvalue weighted by Crippen LogP contribution is 2.35. The summed E-state index contributed by atoms with van der Waals surface area (Å²) >= 11 is 0. The number of sulfonamides is 1. The van der Waals surface area contributed by atoms with Crippen molar-refractivity contribution in [2.24, 2.45) is 5.92 Å². The average Bonchev–Trinajstić information content (AvgIpc) is 3.63. The largest absolute Gasteiger partial charge is 0.506 e. The van der Waals surface area contributed by atoms with E-state index in [1.165, 1.54) is 33.5 Å². The van der Waals surface area contributed by atoms with Gasteiger partial charge in [0, 0.05) is 25.2 Å². The summed E-state index contributed by atoms with van der Waals surface area (Å²) in [5.74, 6) is 0.607. The lowest BCUT2D eigenvalue weighted by molar-refractivity contribution is -0.0119. The number of fused-ring (bicyclic) bond motifs is 1. The van der Waals surface area contributed by atoms with Crippen molar-refractivity contribution in [3.05, 3.63) is 78.4 Å². The number of benzene rings is 3. The van der Waals surface area contributed by atoms with Gasteiger partial charge in [-0.2, -0.15) is 4.31 Å². The van der Waals surface area contributed by atoms with E-state index in [1.807, 2.05) is 44.2 Å². The maximum atomic E-state index is 13.8. The van der Waals surface area contributed by atoms with Crippen LogP contribution in [0.4, 0.5) is 10.5 Å². The molecule has 0 bridgehead atoms. The van der Waals surface area contributed by atoms with Crippen molar-refractivity contribution in [2.75, 3.05) is 31.3 Å². The van der Waals surface area contributed by atoms with Gasteiger partial charge in [-0.05, 0) is 42.2 Å². The summed E-state index contributed by atoms with van der Waals surface area (Å²) < 4.78 is 45.0. The molecule has 236 valence electrons. The van der Waals surface area contributed by atoms with Crippen molar-refractivity contribution >= 4 is 21.8 Å². The van der Waals surface area contributed by atoms with E-state index < -0.39 is 40.6 Å². The third kappa shape index (κ3) is 7.08. The average molecular weight is 628 g/mol. The van der Waals surface area contributed by atoms with Crippen LogP contribution in [0.25, 0.3) is 0 Å². The summed E-state index contributed by atoms with van der Waals surface area (Å²) in [6.07, 6.45) is -4.23. The fourth-order valence-electron chi connectivity index (χ4n) is 5.24. The first-order chi connectivity index (χ1) is 21.0. The standard InChI is InChI=1S/C31H37N3O9S/c1-20(2)16-33(44(39,40)22-12-13-27-28(15-22)42-19-41-27)17-26(36)23(14-21-8-4-3-5-9-21)32-30(37)29-18-34(31(38)43-29)24-10-6-7-11-25(24)35/h3-13,15,20,23,26,29-30,32,35-37H,14,16-19H2,1-2H3/t23-,26+,29-,30?/m0/s1. The van der Waals surface area contributed by atoms with Crippen LogP contribution >= 0.6 is 0 Å². The van der Waals surface area contributed by atoms with E-state index in [-0.39, 0.29) is 55.1 Å². The normalized spacial score (nSPS) is 18.5. The molecule has 2 aliphatic rings. The van der Waals surface area contributed by atoms with Crippen molar-refractivity contribution in [1.82, 2.24) is 9.62 Å². The van der Waals surface area contributed by atoms with Crippen LogP contribution in [0.5, 0.6) is 17.2 Å². The fourth-order valence-corrected chi connectivity index (χ4v) is 6.88. The molecule has 3 aromatic rings. The van der Waals surface area contributed by atoms with Crippen LogP contribution in [0.15, 0.2) is 77.7 Å². The smallest absolute Gasteiger partial charge is 0.415 e. The van der Waals surface area contributed by atoms with Crippen LogP contribution in [0, 0.1) is 5.92 Å². The number of phenols is 1. The van der Waals surface area contributed by atoms with Gasteiger partial charge in [0.1, 0.15) is 12.0 Å². The Morgan fingerprint density at radius 3 is 2.41 bits per heavy atom. The summed E-state index contributed by atoms with van der Waals surface area (Å²) in [5.41, 5.74) is 1.08. The number of nitrogens with one attached hydrogen (secondary N) is 1. The van der Waals surface area contributed by atoms with Crippen molar-refractivity contribution in [3.63, 3.8) is 0 Å². The zero-order valence-electron chi connectivity index (χ0n) is 24.4. The zero-order valence-corrected chi connectivity index (χ0v) is 25.3. The molecule has 4 atom stereocenters. The van der Waals surface area contributed by atoms with Crippen LogP contribution in [0.3, 0.4) is 0 Å². The number of ether oxygens (including phenoxy) is 3. The number of aliphatic hydroxyl groups is 2. The second-order valence-corrected chi connectivity index (χ2v) is 13.2. The van der Waals surface area contributed by atoms with E-state index in [1.54, 1.807) is 18.2 Å². The van der Waals surface area contributed by atoms with Crippen LogP contribution in [-0.4, -0.2) is 85.0 Å². The second kappa shape index (κ2) is 13.4. The Balaban J connectivity index is 1.36. The van der Waals surface area contributed by atoms with Crippen molar-refractivity contribution in [2.45, 2.75) is 49.6 Å². The lowest BCUT2D eigenvalue weighted by Crippen LogP contribution is -2.55. The highest BCUT2D eigenvalue weighted by molar-refractivity contribution is 7.89. The van der Waals surface area contributed by atoms with E-state index in [4.69, 9.17) is 14.2 Å². The fraction of sp³-hybridized carbons (Fsp3) is 0.387. The van der Waals surface area contributed by atoms with Gasteiger partial charge in [-0.15, -0.1) is 0 Å². The Morgan fingerprint density at radius 2 is 1.68 bits per heavy atom. The molecule has 0 saturated carbocycles. The Morgan fingerprint density at radius 1 is 0.977 bits per heavy atom. The molecule has 0 aliphatic carbocycles. The predicted molar refractivity (Wildman–Crippen MR) is 161 cm³/mol. The number of aliphatic hydroxyl groups excluding tert-OH is 2. The molecule has 1 fully saturated rings. The first kappa shape index (κ1) is 31.5. The summed E-state index contributed by atoms with van der Waals surface area (Å²) in [4.78, 5) is 13.9. The van der Waals surface area contributed by atoms with E-state index >= 15 is 0 Å². The number of para-hydroxylation sites is 2. The zero-order chi connectivity index (χ0) is 31.4. The summed E-state index contributed by atoms with van der Waals surface area (Å²) in [6, 6.07) is 19.1. The monoisotopic (exact) mass is 627 g/mol. The summed E-state index contributed by atoms with van der Waals surface area (Å²) in [7, 11) is -4.06. The van der Waals surface area contributed by atoms with Gasteiger partial charge in [-0.3, -0.25) is 10.2 Å². The van der Waals surface area contributed by atoms with Crippen LogP contribution in [-0.2, 0) is 21.2 Å². The highest BCUT2D eigenvalue weighted by atomic mass is 32.2. The lowest BCUT2D eigenvalue weighted by atomic mass is 10.00. The Labute approximate surface area is 256 Å². The third-order valence-corrected chi connectivity index (χ3v) is 9.28. The molecule has 1 saturated heterocycles. The molecule has 0 spiro atoms. The number of nitrogens with zero attached hydrogens (tertiary/aromatic N) is 2. The SMILES string of the molecule is CC(C)CN(C[C@@H](O)[C@H](Cc1ccccc1)NC(O)[C@@H]1CN(c2ccccc2O)C(=O)O1)S(=O)(=O)c1ccc2c(c1)OCO2. The molecular weight excluding hydrogens is 590 g/mol. The number of hydrogen-bond acceptors (Lipinski definition) is 10. The van der Waals surface area contributed by atoms with Crippen LogP contribution in [0.2, 0.25) is 0 Å². The van der Waals surface area contributed by atoms with E-state index in [0.717, 1.165) is 5.56 Å². The van der Waals surface area contributed by atoms with Crippen molar-refractivity contribution in [3.8, 4) is 17.2 Å². The Bertz CT molecular complexity index is 1550. The number of aromatic hydroxyl groups is 1. The maximum Gasteiger partial charge on any atom is 0.415 e. The minimum atomic E-state index is -4.06. The van der Waals surface area contributed by atoms with Gasteiger partial charge >= 0.3 is 6.09 Å². The molecule has 13 heteroatoms. The van der Waals surface area contributed by atoms with E-state index in [9.17, 15) is 28.5 Å². The van der Waals surface area contributed by atoms with Gasteiger partial charge in [-0.25, -0.2) is 13.2 Å². The highest BCUT2D eigenvalue weighted by Gasteiger charge is 2.40. The number of hydrogen-bond donors (Lipinski definition) is 4. The summed E-state index contributed by atoms with van der Waals surface area (Å²) in [5, 5.41) is 35.9. The first-order valence-corrected chi connectivity index (χ1v) is 15.8. The number of carbonyl (C=O) groups excluding carboxylic acids is 1. The number of anilines is 1. The molecule has 1 unspecified atom stereocenters. The number of cyclic esters (lactones) is 1. The molecule has 2 aliphatic heterocycles. The van der Waals surface area contributed by atoms with E-state index in [2.05, 4.69) is 5.32 Å². The minimum Gasteiger partial charge on any atom is -0.506 e. The van der Waals surface area contributed by atoms with Gasteiger partial charge in [0.05, 0.1) is 23.2 Å². The lowest BCUT2D eigenvalue weighted by Gasteiger charge is -2.32. The first-order valence-electron chi connectivity index (χ1n) is 14.3. The minimum absolute atomic E-state index is 0.00297. The Kier molecular flexibility index (Phi) is 9.61. The topological polar surface area (TPSA) is 158 Å². The molecule has 12 nitrogen and oxygen atoms in total.